The fourth-order valence-corrected chi connectivity index (χ4v) is 1.76. The summed E-state index contributed by atoms with van der Waals surface area (Å²) in [5.41, 5.74) is 2.22. The van der Waals surface area contributed by atoms with Gasteiger partial charge in [0.1, 0.15) is 0 Å². The van der Waals surface area contributed by atoms with E-state index in [2.05, 4.69) is 0 Å². The van der Waals surface area contributed by atoms with E-state index in [0.717, 1.165) is 24.9 Å². The van der Waals surface area contributed by atoms with Crippen LogP contribution in [0.25, 0.3) is 0 Å². The number of ketones is 1. The first-order valence-corrected chi connectivity index (χ1v) is 4.84. The Bertz CT molecular complexity index is 364. The molecule has 0 bridgehead atoms. The number of carbonyl (C=O) groups excluding carboxylic acids is 2. The van der Waals surface area contributed by atoms with Gasteiger partial charge in [-0.05, 0) is 19.4 Å². The number of Topliss-reactive ketones (excluding diaryl/α,β-unsaturated/α-hetero) is 1. The second-order valence-electron chi connectivity index (χ2n) is 3.20. The van der Waals surface area contributed by atoms with E-state index in [1.165, 1.54) is 6.92 Å². The van der Waals surface area contributed by atoms with Crippen LogP contribution in [-0.2, 0) is 13.0 Å². The quantitative estimate of drug-likeness (QED) is 0.542. The third kappa shape index (κ3) is 1.62. The third-order valence-corrected chi connectivity index (χ3v) is 2.38. The molecule has 3 nitrogen and oxygen atoms in total. The maximum absolute atomic E-state index is 11.3. The molecule has 76 valence electrons. The van der Waals surface area contributed by atoms with Crippen molar-refractivity contribution >= 4 is 12.1 Å². The molecule has 0 aliphatic heterocycles. The molecule has 0 saturated carbocycles. The molecule has 1 aromatic heterocycles. The zero-order valence-electron chi connectivity index (χ0n) is 8.83. The number of nitrogens with zero attached hydrogens (tertiary/aromatic N) is 1. The largest absolute Gasteiger partial charge is 0.342 e. The highest BCUT2D eigenvalue weighted by molar-refractivity contribution is 5.95. The predicted molar refractivity (Wildman–Crippen MR) is 54.9 cm³/mol. The summed E-state index contributed by atoms with van der Waals surface area (Å²) >= 11 is 0. The molecule has 0 unspecified atom stereocenters. The van der Waals surface area contributed by atoms with Gasteiger partial charge in [0.15, 0.2) is 12.1 Å². The third-order valence-electron chi connectivity index (χ3n) is 2.38. The van der Waals surface area contributed by atoms with E-state index in [1.807, 2.05) is 18.4 Å². The fraction of sp³-hybridized carbons (Fsp3) is 0.455. The first-order chi connectivity index (χ1) is 6.65. The van der Waals surface area contributed by atoms with Crippen LogP contribution in [0.15, 0.2) is 6.07 Å². The number of rotatable bonds is 4. The summed E-state index contributed by atoms with van der Waals surface area (Å²) in [6, 6.07) is 1.68. The van der Waals surface area contributed by atoms with Gasteiger partial charge in [0.2, 0.25) is 0 Å². The van der Waals surface area contributed by atoms with Crippen LogP contribution in [0, 0.1) is 0 Å². The van der Waals surface area contributed by atoms with Crippen LogP contribution < -0.4 is 0 Å². The Morgan fingerprint density at radius 1 is 1.50 bits per heavy atom. The second kappa shape index (κ2) is 4.22. The van der Waals surface area contributed by atoms with Crippen molar-refractivity contribution in [3.05, 3.63) is 23.0 Å². The van der Waals surface area contributed by atoms with Gasteiger partial charge >= 0.3 is 0 Å². The number of aldehydes is 1. The highest BCUT2D eigenvalue weighted by Gasteiger charge is 2.14. The minimum Gasteiger partial charge on any atom is -0.342 e. The Morgan fingerprint density at radius 2 is 2.14 bits per heavy atom. The van der Waals surface area contributed by atoms with Crippen LogP contribution in [0.2, 0.25) is 0 Å². The van der Waals surface area contributed by atoms with Crippen molar-refractivity contribution in [2.45, 2.75) is 33.7 Å². The van der Waals surface area contributed by atoms with Gasteiger partial charge in [-0.1, -0.05) is 6.92 Å². The van der Waals surface area contributed by atoms with Crippen molar-refractivity contribution in [3.8, 4) is 0 Å². The molecule has 0 atom stereocenters. The Hall–Kier alpha value is -1.38. The van der Waals surface area contributed by atoms with Crippen LogP contribution in [0.4, 0.5) is 0 Å². The Labute approximate surface area is 83.7 Å². The highest BCUT2D eigenvalue weighted by Crippen LogP contribution is 2.16. The zero-order valence-corrected chi connectivity index (χ0v) is 8.83. The van der Waals surface area contributed by atoms with Gasteiger partial charge in [-0.3, -0.25) is 9.59 Å². The van der Waals surface area contributed by atoms with Gasteiger partial charge < -0.3 is 4.57 Å². The zero-order chi connectivity index (χ0) is 10.7. The summed E-state index contributed by atoms with van der Waals surface area (Å²) in [6.07, 6.45) is 1.59. The van der Waals surface area contributed by atoms with Crippen molar-refractivity contribution in [2.24, 2.45) is 0 Å². The molecule has 14 heavy (non-hydrogen) atoms. The molecule has 3 heteroatoms. The van der Waals surface area contributed by atoms with Crippen LogP contribution >= 0.6 is 0 Å². The minimum atomic E-state index is 0.00894. The molecule has 0 aromatic carbocycles. The summed E-state index contributed by atoms with van der Waals surface area (Å²) in [4.78, 5) is 22.1. The maximum Gasteiger partial charge on any atom is 0.176 e. The van der Waals surface area contributed by atoms with Crippen molar-refractivity contribution in [1.29, 1.82) is 0 Å². The lowest BCUT2D eigenvalue weighted by atomic mass is 10.2. The molecule has 0 radical (unpaired) electrons. The van der Waals surface area contributed by atoms with E-state index >= 15 is 0 Å². The number of hydrogen-bond acceptors (Lipinski definition) is 2. The average molecular weight is 193 g/mol. The summed E-state index contributed by atoms with van der Waals surface area (Å²) in [5.74, 6) is 0.00894. The first-order valence-electron chi connectivity index (χ1n) is 4.84. The standard InChI is InChI=1S/C11H15NO2/c1-4-10-9(7-13)6-11(8(3)14)12(10)5-2/h6-7H,4-5H2,1-3H3. The number of hydrogen-bond donors (Lipinski definition) is 0. The van der Waals surface area contributed by atoms with E-state index < -0.39 is 0 Å². The normalized spacial score (nSPS) is 10.2. The topological polar surface area (TPSA) is 39.1 Å². The van der Waals surface area contributed by atoms with Crippen LogP contribution in [0.1, 0.15) is 47.3 Å². The Balaban J connectivity index is 3.38. The average Bonchev–Trinajstić information content (AvgIpc) is 2.54. The van der Waals surface area contributed by atoms with Crippen molar-refractivity contribution in [2.75, 3.05) is 0 Å². The van der Waals surface area contributed by atoms with Crippen LogP contribution in [0.5, 0.6) is 0 Å². The number of aromatic nitrogens is 1. The summed E-state index contributed by atoms with van der Waals surface area (Å²) in [7, 11) is 0. The molecular formula is C11H15NO2. The first kappa shape index (κ1) is 10.7. The Morgan fingerprint density at radius 3 is 2.50 bits per heavy atom. The van der Waals surface area contributed by atoms with Crippen molar-refractivity contribution in [1.82, 2.24) is 4.57 Å². The molecule has 0 N–H and O–H groups in total. The van der Waals surface area contributed by atoms with Crippen LogP contribution in [0.3, 0.4) is 0 Å². The van der Waals surface area contributed by atoms with Gasteiger partial charge in [-0.15, -0.1) is 0 Å². The fourth-order valence-electron chi connectivity index (χ4n) is 1.76. The summed E-state index contributed by atoms with van der Waals surface area (Å²) in [5, 5.41) is 0. The summed E-state index contributed by atoms with van der Waals surface area (Å²) < 4.78 is 1.91. The number of carbonyl (C=O) groups is 2. The second-order valence-corrected chi connectivity index (χ2v) is 3.20. The Kier molecular flexibility index (Phi) is 3.23. The van der Waals surface area contributed by atoms with E-state index in [4.69, 9.17) is 0 Å². The lowest BCUT2D eigenvalue weighted by Gasteiger charge is -2.07. The molecule has 0 aliphatic rings. The smallest absolute Gasteiger partial charge is 0.176 e. The van der Waals surface area contributed by atoms with E-state index in [0.29, 0.717) is 11.3 Å². The molecule has 0 fully saturated rings. The lowest BCUT2D eigenvalue weighted by molar-refractivity contribution is 0.100. The van der Waals surface area contributed by atoms with E-state index in [9.17, 15) is 9.59 Å². The van der Waals surface area contributed by atoms with Gasteiger partial charge in [-0.2, -0.15) is 0 Å². The molecule has 1 rings (SSSR count). The molecule has 0 amide bonds. The van der Waals surface area contributed by atoms with Crippen molar-refractivity contribution < 1.29 is 9.59 Å². The molecule has 0 saturated heterocycles. The highest BCUT2D eigenvalue weighted by atomic mass is 16.1. The monoisotopic (exact) mass is 193 g/mol. The predicted octanol–water partition coefficient (Wildman–Crippen LogP) is 2.09. The molecular weight excluding hydrogens is 178 g/mol. The van der Waals surface area contributed by atoms with Gasteiger partial charge in [0, 0.05) is 24.7 Å². The summed E-state index contributed by atoms with van der Waals surface area (Å²) in [6.45, 7) is 6.21. The molecule has 0 spiro atoms. The van der Waals surface area contributed by atoms with Gasteiger partial charge in [0.05, 0.1) is 5.69 Å². The molecule has 1 aromatic rings. The lowest BCUT2D eigenvalue weighted by Crippen LogP contribution is -2.08. The van der Waals surface area contributed by atoms with Gasteiger partial charge in [0.25, 0.3) is 0 Å². The van der Waals surface area contributed by atoms with Crippen molar-refractivity contribution in [3.63, 3.8) is 0 Å². The molecule has 0 aliphatic carbocycles. The molecule has 1 heterocycles. The van der Waals surface area contributed by atoms with Gasteiger partial charge in [-0.25, -0.2) is 0 Å². The minimum absolute atomic E-state index is 0.00894. The SMILES string of the molecule is CCc1c(C=O)cc(C(C)=O)n1CC. The van der Waals surface area contributed by atoms with E-state index in [1.54, 1.807) is 6.07 Å². The van der Waals surface area contributed by atoms with Crippen LogP contribution in [-0.4, -0.2) is 16.6 Å². The maximum atomic E-state index is 11.3. The van der Waals surface area contributed by atoms with E-state index in [-0.39, 0.29) is 5.78 Å².